The van der Waals surface area contributed by atoms with Crippen LogP contribution in [0.2, 0.25) is 0 Å². The normalized spacial score (nSPS) is 11.1. The Morgan fingerprint density at radius 1 is 1.10 bits per heavy atom. The molecule has 0 spiro atoms. The van der Waals surface area contributed by atoms with Crippen molar-refractivity contribution in [1.29, 1.82) is 0 Å². The second-order valence-electron chi connectivity index (χ2n) is 4.60. The molecule has 0 saturated carbocycles. The van der Waals surface area contributed by atoms with Crippen LogP contribution in [0.5, 0.6) is 0 Å². The van der Waals surface area contributed by atoms with Crippen molar-refractivity contribution in [3.8, 4) is 0 Å². The molecule has 0 unspecified atom stereocenters. The molecule has 0 aliphatic carbocycles. The Balaban J connectivity index is 2.32. The zero-order valence-electron chi connectivity index (χ0n) is 11.1. The highest BCUT2D eigenvalue weighted by Crippen LogP contribution is 2.06. The summed E-state index contributed by atoms with van der Waals surface area (Å²) in [6, 6.07) is 9.57. The standard InChI is InChI=1S/C13H13N5O2/c1-16-12(19)10-11(17(2)15-14-10)18(13(16)20)8-9-6-4-3-5-7-9/h3-7H,8H2,1-2H3. The van der Waals surface area contributed by atoms with Gasteiger partial charge in [0.1, 0.15) is 0 Å². The molecular weight excluding hydrogens is 258 g/mol. The molecule has 3 aromatic rings. The maximum atomic E-state index is 12.3. The first-order valence-corrected chi connectivity index (χ1v) is 6.12. The van der Waals surface area contributed by atoms with Crippen molar-refractivity contribution >= 4 is 11.2 Å². The molecule has 0 N–H and O–H groups in total. The van der Waals surface area contributed by atoms with Crippen LogP contribution in [0.4, 0.5) is 0 Å². The lowest BCUT2D eigenvalue weighted by molar-refractivity contribution is 0.643. The molecule has 0 fully saturated rings. The summed E-state index contributed by atoms with van der Waals surface area (Å²) >= 11 is 0. The predicted octanol–water partition coefficient (Wildman–Crippen LogP) is -0.123. The van der Waals surface area contributed by atoms with E-state index in [0.29, 0.717) is 12.2 Å². The van der Waals surface area contributed by atoms with Crippen LogP contribution in [-0.4, -0.2) is 24.1 Å². The largest absolute Gasteiger partial charge is 0.332 e. The molecule has 2 heterocycles. The first kappa shape index (κ1) is 12.3. The van der Waals surface area contributed by atoms with Gasteiger partial charge in [-0.25, -0.2) is 9.48 Å². The molecule has 2 aromatic heterocycles. The van der Waals surface area contributed by atoms with Gasteiger partial charge in [0.05, 0.1) is 6.54 Å². The number of aromatic nitrogens is 5. The van der Waals surface area contributed by atoms with Gasteiger partial charge in [-0.1, -0.05) is 35.5 Å². The van der Waals surface area contributed by atoms with Gasteiger partial charge in [-0.05, 0) is 5.56 Å². The fourth-order valence-corrected chi connectivity index (χ4v) is 2.22. The highest BCUT2D eigenvalue weighted by Gasteiger charge is 2.16. The Labute approximate surface area is 113 Å². The van der Waals surface area contributed by atoms with E-state index < -0.39 is 5.56 Å². The lowest BCUT2D eigenvalue weighted by Gasteiger charge is -2.09. The van der Waals surface area contributed by atoms with Crippen LogP contribution in [-0.2, 0) is 20.6 Å². The molecule has 0 amide bonds. The summed E-state index contributed by atoms with van der Waals surface area (Å²) in [7, 11) is 3.11. The fraction of sp³-hybridized carbons (Fsp3) is 0.231. The van der Waals surface area contributed by atoms with Crippen molar-refractivity contribution in [3.63, 3.8) is 0 Å². The molecule has 0 radical (unpaired) electrons. The Hall–Kier alpha value is -2.70. The van der Waals surface area contributed by atoms with Gasteiger partial charge in [0.15, 0.2) is 11.2 Å². The minimum absolute atomic E-state index is 0.200. The van der Waals surface area contributed by atoms with Crippen molar-refractivity contribution in [3.05, 3.63) is 56.7 Å². The van der Waals surface area contributed by atoms with E-state index in [0.717, 1.165) is 10.1 Å². The molecule has 0 saturated heterocycles. The van der Waals surface area contributed by atoms with E-state index in [2.05, 4.69) is 10.3 Å². The van der Waals surface area contributed by atoms with Crippen LogP contribution in [0, 0.1) is 0 Å². The summed E-state index contributed by atoms with van der Waals surface area (Å²) in [5.74, 6) is 0. The van der Waals surface area contributed by atoms with Gasteiger partial charge in [0.25, 0.3) is 5.56 Å². The summed E-state index contributed by atoms with van der Waals surface area (Å²) in [5, 5.41) is 7.68. The lowest BCUT2D eigenvalue weighted by Crippen LogP contribution is -2.38. The summed E-state index contributed by atoms with van der Waals surface area (Å²) in [6.07, 6.45) is 0. The molecule has 7 nitrogen and oxygen atoms in total. The van der Waals surface area contributed by atoms with Gasteiger partial charge >= 0.3 is 5.69 Å². The van der Waals surface area contributed by atoms with E-state index >= 15 is 0 Å². The van der Waals surface area contributed by atoms with Gasteiger partial charge in [0.2, 0.25) is 0 Å². The predicted molar refractivity (Wildman–Crippen MR) is 73.6 cm³/mol. The van der Waals surface area contributed by atoms with E-state index in [-0.39, 0.29) is 11.2 Å². The lowest BCUT2D eigenvalue weighted by atomic mass is 10.2. The van der Waals surface area contributed by atoms with Crippen molar-refractivity contribution in [2.45, 2.75) is 6.54 Å². The number of benzene rings is 1. The zero-order chi connectivity index (χ0) is 14.3. The quantitative estimate of drug-likeness (QED) is 0.651. The second-order valence-corrected chi connectivity index (χ2v) is 4.60. The smallest absolute Gasteiger partial charge is 0.272 e. The summed E-state index contributed by atoms with van der Waals surface area (Å²) < 4.78 is 4.01. The number of fused-ring (bicyclic) bond motifs is 1. The highest BCUT2D eigenvalue weighted by molar-refractivity contribution is 5.68. The van der Waals surface area contributed by atoms with Crippen LogP contribution < -0.4 is 11.2 Å². The number of aryl methyl sites for hydroxylation is 1. The van der Waals surface area contributed by atoms with Gasteiger partial charge in [-0.3, -0.25) is 13.9 Å². The van der Waals surface area contributed by atoms with Gasteiger partial charge in [-0.2, -0.15) is 0 Å². The molecule has 20 heavy (non-hydrogen) atoms. The first-order valence-electron chi connectivity index (χ1n) is 6.12. The third kappa shape index (κ3) is 1.75. The molecule has 0 atom stereocenters. The van der Waals surface area contributed by atoms with Crippen LogP contribution in [0.3, 0.4) is 0 Å². The van der Waals surface area contributed by atoms with E-state index in [9.17, 15) is 9.59 Å². The minimum atomic E-state index is -0.428. The third-order valence-electron chi connectivity index (χ3n) is 3.26. The molecule has 0 bridgehead atoms. The van der Waals surface area contributed by atoms with E-state index in [4.69, 9.17) is 0 Å². The van der Waals surface area contributed by atoms with Crippen LogP contribution in [0.25, 0.3) is 11.2 Å². The molecular formula is C13H13N5O2. The molecule has 3 rings (SSSR count). The van der Waals surface area contributed by atoms with Crippen molar-refractivity contribution in [2.75, 3.05) is 0 Å². The van der Waals surface area contributed by atoms with E-state index in [1.165, 1.54) is 16.3 Å². The Morgan fingerprint density at radius 2 is 1.80 bits per heavy atom. The molecule has 0 aliphatic rings. The number of rotatable bonds is 2. The summed E-state index contributed by atoms with van der Waals surface area (Å²) in [6.45, 7) is 0.367. The van der Waals surface area contributed by atoms with Crippen molar-refractivity contribution in [1.82, 2.24) is 24.1 Å². The van der Waals surface area contributed by atoms with E-state index in [1.807, 2.05) is 30.3 Å². The minimum Gasteiger partial charge on any atom is -0.272 e. The maximum absolute atomic E-state index is 12.3. The number of hydrogen-bond donors (Lipinski definition) is 0. The number of hydrogen-bond acceptors (Lipinski definition) is 4. The van der Waals surface area contributed by atoms with Gasteiger partial charge in [-0.15, -0.1) is 5.10 Å². The summed E-state index contributed by atoms with van der Waals surface area (Å²) in [5.41, 5.74) is 0.794. The average Bonchev–Trinajstić information content (AvgIpc) is 2.84. The highest BCUT2D eigenvalue weighted by atomic mass is 16.2. The fourth-order valence-electron chi connectivity index (χ4n) is 2.22. The number of nitrogens with zero attached hydrogens (tertiary/aromatic N) is 5. The molecule has 102 valence electrons. The monoisotopic (exact) mass is 271 g/mol. The van der Waals surface area contributed by atoms with Gasteiger partial charge in [0, 0.05) is 14.1 Å². The molecule has 1 aromatic carbocycles. The maximum Gasteiger partial charge on any atom is 0.332 e. The van der Waals surface area contributed by atoms with Crippen LogP contribution >= 0.6 is 0 Å². The van der Waals surface area contributed by atoms with E-state index in [1.54, 1.807) is 7.05 Å². The third-order valence-corrected chi connectivity index (χ3v) is 3.26. The topological polar surface area (TPSA) is 74.7 Å². The first-order chi connectivity index (χ1) is 9.59. The van der Waals surface area contributed by atoms with Crippen molar-refractivity contribution in [2.24, 2.45) is 14.1 Å². The molecule has 7 heteroatoms. The Bertz CT molecular complexity index is 889. The summed E-state index contributed by atoms with van der Waals surface area (Å²) in [4.78, 5) is 24.3. The van der Waals surface area contributed by atoms with Crippen molar-refractivity contribution < 1.29 is 0 Å². The zero-order valence-corrected chi connectivity index (χ0v) is 11.1. The van der Waals surface area contributed by atoms with Crippen LogP contribution in [0.1, 0.15) is 5.56 Å². The second kappa shape index (κ2) is 4.44. The molecule has 0 aliphatic heterocycles. The Kier molecular flexibility index (Phi) is 2.74. The average molecular weight is 271 g/mol. The van der Waals surface area contributed by atoms with Crippen LogP contribution in [0.15, 0.2) is 39.9 Å². The Morgan fingerprint density at radius 3 is 2.50 bits per heavy atom. The van der Waals surface area contributed by atoms with Gasteiger partial charge < -0.3 is 0 Å². The SMILES string of the molecule is Cn1c(=O)c2nnn(C)c2n(Cc2ccccc2)c1=O.